The predicted molar refractivity (Wildman–Crippen MR) is 80.6 cm³/mol. The predicted octanol–water partition coefficient (Wildman–Crippen LogP) is 3.11. The quantitative estimate of drug-likeness (QED) is 0.904. The molecule has 1 N–H and O–H groups in total. The van der Waals surface area contributed by atoms with E-state index in [0.717, 1.165) is 18.9 Å². The zero-order chi connectivity index (χ0) is 15.8. The maximum absolute atomic E-state index is 12.6. The van der Waals surface area contributed by atoms with Gasteiger partial charge in [-0.3, -0.25) is 0 Å². The van der Waals surface area contributed by atoms with E-state index in [9.17, 15) is 13.2 Å². The molecule has 1 atom stereocenters. The summed E-state index contributed by atoms with van der Waals surface area (Å²) >= 11 is 11.8. The van der Waals surface area contributed by atoms with Crippen LogP contribution in [-0.4, -0.2) is 36.9 Å². The molecule has 1 unspecified atom stereocenters. The Balaban J connectivity index is 2.48. The Labute approximate surface area is 133 Å². The van der Waals surface area contributed by atoms with Gasteiger partial charge < -0.3 is 5.11 Å². The van der Waals surface area contributed by atoms with Crippen LogP contribution in [0.2, 0.25) is 10.0 Å². The summed E-state index contributed by atoms with van der Waals surface area (Å²) < 4.78 is 26.6. The first-order valence-corrected chi connectivity index (χ1v) is 8.69. The van der Waals surface area contributed by atoms with Gasteiger partial charge in [0, 0.05) is 18.1 Å². The number of rotatable bonds is 4. The molecule has 2 rings (SSSR count). The molecule has 0 aromatic heterocycles. The Bertz CT molecular complexity index is 675. The molecular formula is C13H15Cl2NO4S. The van der Waals surface area contributed by atoms with Crippen molar-refractivity contribution in [3.8, 4) is 0 Å². The average Bonchev–Trinajstić information content (AvgIpc) is 2.90. The van der Waals surface area contributed by atoms with E-state index < -0.39 is 16.0 Å². The Morgan fingerprint density at radius 3 is 2.62 bits per heavy atom. The molecule has 0 amide bonds. The highest BCUT2D eigenvalue weighted by atomic mass is 35.5. The van der Waals surface area contributed by atoms with Crippen molar-refractivity contribution >= 4 is 39.2 Å². The lowest BCUT2D eigenvalue weighted by Gasteiger charge is -2.18. The minimum absolute atomic E-state index is 0.0293. The standard InChI is InChI=1S/C13H15Cl2NO4S/c1-2-8-3-4-16(7-8)21(19,20)11-6-9(14)5-10(12(11)15)13(17)18/h5-6,8H,2-4,7H2,1H3,(H,17,18). The van der Waals surface area contributed by atoms with E-state index in [1.807, 2.05) is 6.92 Å². The Morgan fingerprint density at radius 2 is 2.10 bits per heavy atom. The minimum atomic E-state index is -3.84. The molecule has 5 nitrogen and oxygen atoms in total. The number of hydrogen-bond donors (Lipinski definition) is 1. The number of halogens is 2. The summed E-state index contributed by atoms with van der Waals surface area (Å²) in [5.41, 5.74) is -0.311. The van der Waals surface area contributed by atoms with Gasteiger partial charge in [0.05, 0.1) is 10.6 Å². The van der Waals surface area contributed by atoms with Gasteiger partial charge in [-0.2, -0.15) is 4.31 Å². The van der Waals surface area contributed by atoms with E-state index in [0.29, 0.717) is 19.0 Å². The van der Waals surface area contributed by atoms with Crippen molar-refractivity contribution in [3.05, 3.63) is 27.7 Å². The van der Waals surface area contributed by atoms with Gasteiger partial charge in [0.25, 0.3) is 0 Å². The summed E-state index contributed by atoms with van der Waals surface area (Å²) in [6.07, 6.45) is 1.69. The lowest BCUT2D eigenvalue weighted by molar-refractivity contribution is 0.0697. The molecule has 0 aliphatic carbocycles. The first-order chi connectivity index (χ1) is 9.77. The molecule has 1 saturated heterocycles. The molecule has 1 fully saturated rings. The minimum Gasteiger partial charge on any atom is -0.478 e. The zero-order valence-electron chi connectivity index (χ0n) is 11.3. The van der Waals surface area contributed by atoms with Gasteiger partial charge in [-0.15, -0.1) is 0 Å². The summed E-state index contributed by atoms with van der Waals surface area (Å²) in [6.45, 7) is 2.84. The number of aromatic carboxylic acids is 1. The highest BCUT2D eigenvalue weighted by molar-refractivity contribution is 7.89. The molecule has 0 bridgehead atoms. The van der Waals surface area contributed by atoms with Gasteiger partial charge in [-0.1, -0.05) is 36.5 Å². The number of nitrogens with zero attached hydrogens (tertiary/aromatic N) is 1. The highest BCUT2D eigenvalue weighted by Crippen LogP contribution is 2.34. The van der Waals surface area contributed by atoms with Crippen LogP contribution < -0.4 is 0 Å². The van der Waals surface area contributed by atoms with Gasteiger partial charge in [-0.25, -0.2) is 13.2 Å². The molecule has 8 heteroatoms. The van der Waals surface area contributed by atoms with Crippen molar-refractivity contribution in [2.75, 3.05) is 13.1 Å². The van der Waals surface area contributed by atoms with E-state index in [1.54, 1.807) is 0 Å². The topological polar surface area (TPSA) is 74.7 Å². The van der Waals surface area contributed by atoms with E-state index in [2.05, 4.69) is 0 Å². The zero-order valence-corrected chi connectivity index (χ0v) is 13.7. The van der Waals surface area contributed by atoms with E-state index >= 15 is 0 Å². The normalized spacial score (nSPS) is 19.9. The summed E-state index contributed by atoms with van der Waals surface area (Å²) in [5.74, 6) is -0.997. The Morgan fingerprint density at radius 1 is 1.43 bits per heavy atom. The molecule has 0 saturated carbocycles. The van der Waals surface area contributed by atoms with Crippen LogP contribution in [0.1, 0.15) is 30.1 Å². The lowest BCUT2D eigenvalue weighted by Crippen LogP contribution is -2.29. The van der Waals surface area contributed by atoms with Crippen LogP contribution in [0.5, 0.6) is 0 Å². The SMILES string of the molecule is CCC1CCN(S(=O)(=O)c2cc(Cl)cc(C(=O)O)c2Cl)C1. The number of carboxylic acids is 1. The monoisotopic (exact) mass is 351 g/mol. The fourth-order valence-electron chi connectivity index (χ4n) is 2.40. The third-order valence-electron chi connectivity index (χ3n) is 3.68. The number of sulfonamides is 1. The lowest BCUT2D eigenvalue weighted by atomic mass is 10.1. The van der Waals surface area contributed by atoms with Gasteiger partial charge in [-0.05, 0) is 24.5 Å². The van der Waals surface area contributed by atoms with Crippen LogP contribution in [0.25, 0.3) is 0 Å². The maximum atomic E-state index is 12.6. The first-order valence-electron chi connectivity index (χ1n) is 6.49. The fraction of sp³-hybridized carbons (Fsp3) is 0.462. The molecular weight excluding hydrogens is 337 g/mol. The maximum Gasteiger partial charge on any atom is 0.337 e. The van der Waals surface area contributed by atoms with Crippen LogP contribution in [0.4, 0.5) is 0 Å². The number of carboxylic acid groups (broad SMARTS) is 1. The number of carbonyl (C=O) groups is 1. The third kappa shape index (κ3) is 3.18. The van der Waals surface area contributed by atoms with E-state index in [1.165, 1.54) is 10.4 Å². The Hall–Kier alpha value is -0.820. The van der Waals surface area contributed by atoms with Crippen LogP contribution in [0, 0.1) is 5.92 Å². The largest absolute Gasteiger partial charge is 0.478 e. The Kier molecular flexibility index (Phi) is 4.82. The highest BCUT2D eigenvalue weighted by Gasteiger charge is 2.34. The van der Waals surface area contributed by atoms with Gasteiger partial charge in [0.1, 0.15) is 4.90 Å². The van der Waals surface area contributed by atoms with Crippen molar-refractivity contribution in [1.82, 2.24) is 4.31 Å². The molecule has 0 radical (unpaired) electrons. The smallest absolute Gasteiger partial charge is 0.337 e. The van der Waals surface area contributed by atoms with Gasteiger partial charge >= 0.3 is 5.97 Å². The fourth-order valence-corrected chi connectivity index (χ4v) is 4.80. The second-order valence-electron chi connectivity index (χ2n) is 5.00. The first kappa shape index (κ1) is 16.5. The molecule has 1 aromatic rings. The molecule has 0 spiro atoms. The van der Waals surface area contributed by atoms with Gasteiger partial charge in [0.15, 0.2) is 0 Å². The van der Waals surface area contributed by atoms with E-state index in [-0.39, 0.29) is 20.5 Å². The second kappa shape index (κ2) is 6.12. The average molecular weight is 352 g/mol. The summed E-state index contributed by atoms with van der Waals surface area (Å²) in [6, 6.07) is 2.34. The summed E-state index contributed by atoms with van der Waals surface area (Å²) in [7, 11) is -3.84. The van der Waals surface area contributed by atoms with Gasteiger partial charge in [0.2, 0.25) is 10.0 Å². The van der Waals surface area contributed by atoms with Crippen molar-refractivity contribution in [2.45, 2.75) is 24.7 Å². The molecule has 1 aliphatic heterocycles. The number of hydrogen-bond acceptors (Lipinski definition) is 3. The molecule has 21 heavy (non-hydrogen) atoms. The number of benzene rings is 1. The van der Waals surface area contributed by atoms with Crippen LogP contribution >= 0.6 is 23.2 Å². The summed E-state index contributed by atoms with van der Waals surface area (Å²) in [5, 5.41) is 8.80. The molecule has 1 aliphatic rings. The molecule has 116 valence electrons. The van der Waals surface area contributed by atoms with Crippen LogP contribution in [0.3, 0.4) is 0 Å². The van der Waals surface area contributed by atoms with E-state index in [4.69, 9.17) is 28.3 Å². The van der Waals surface area contributed by atoms with Crippen molar-refractivity contribution in [1.29, 1.82) is 0 Å². The third-order valence-corrected chi connectivity index (χ3v) is 6.30. The van der Waals surface area contributed by atoms with Crippen molar-refractivity contribution in [2.24, 2.45) is 5.92 Å². The molecule has 1 aromatic carbocycles. The van der Waals surface area contributed by atoms with Crippen molar-refractivity contribution in [3.63, 3.8) is 0 Å². The second-order valence-corrected chi connectivity index (χ2v) is 7.72. The van der Waals surface area contributed by atoms with Crippen LogP contribution in [-0.2, 0) is 10.0 Å². The van der Waals surface area contributed by atoms with Crippen LogP contribution in [0.15, 0.2) is 17.0 Å². The van der Waals surface area contributed by atoms with Crippen molar-refractivity contribution < 1.29 is 18.3 Å². The summed E-state index contributed by atoms with van der Waals surface area (Å²) in [4.78, 5) is 10.9. The molecule has 1 heterocycles.